The van der Waals surface area contributed by atoms with Gasteiger partial charge in [-0.25, -0.2) is 0 Å². The molecule has 0 heterocycles. The van der Waals surface area contributed by atoms with Crippen LogP contribution in [0.3, 0.4) is 0 Å². The van der Waals surface area contributed by atoms with Gasteiger partial charge in [0.05, 0.1) is 0 Å². The molecule has 0 aliphatic rings. The number of carbonyl (C=O) groups is 2. The fourth-order valence-corrected chi connectivity index (χ4v) is 1.44. The molecule has 0 radical (unpaired) electrons. The predicted octanol–water partition coefficient (Wildman–Crippen LogP) is 1.88. The van der Waals surface area contributed by atoms with E-state index in [0.717, 1.165) is 0 Å². The lowest BCUT2D eigenvalue weighted by Gasteiger charge is -2.28. The molecule has 16 heavy (non-hydrogen) atoms. The van der Waals surface area contributed by atoms with Crippen LogP contribution in [0.4, 0.5) is 0 Å². The van der Waals surface area contributed by atoms with Gasteiger partial charge in [-0.3, -0.25) is 9.59 Å². The number of aliphatic hydroxyl groups is 1. The van der Waals surface area contributed by atoms with Crippen molar-refractivity contribution < 1.29 is 24.2 Å². The Morgan fingerprint density at radius 2 is 1.69 bits per heavy atom. The number of rotatable bonds is 6. The molecule has 0 fully saturated rings. The van der Waals surface area contributed by atoms with Crippen LogP contribution in [0.25, 0.3) is 0 Å². The molecule has 0 aromatic carbocycles. The minimum absolute atomic E-state index is 0.118. The largest absolute Gasteiger partial charge is 0.502 e. The van der Waals surface area contributed by atoms with Crippen molar-refractivity contribution in [1.29, 1.82) is 0 Å². The highest BCUT2D eigenvalue weighted by Crippen LogP contribution is 2.21. The minimum atomic E-state index is -1.29. The summed E-state index contributed by atoms with van der Waals surface area (Å²) in [4.78, 5) is 21.7. The number of hydrogen-bond acceptors (Lipinski definition) is 5. The van der Waals surface area contributed by atoms with Gasteiger partial charge in [-0.2, -0.15) is 0 Å². The number of ether oxygens (including phenoxy) is 2. The van der Waals surface area contributed by atoms with Gasteiger partial charge in [-0.15, -0.1) is 0 Å². The minimum Gasteiger partial charge on any atom is -0.502 e. The average molecular weight is 248 g/mol. The molecule has 0 aromatic rings. The van der Waals surface area contributed by atoms with Gasteiger partial charge in [0.25, 0.3) is 5.79 Å². The van der Waals surface area contributed by atoms with E-state index in [1.165, 1.54) is 20.8 Å². The number of carbonyl (C=O) groups excluding carboxylic acids is 2. The zero-order valence-electron chi connectivity index (χ0n) is 9.61. The van der Waals surface area contributed by atoms with E-state index >= 15 is 0 Å². The topological polar surface area (TPSA) is 72.8 Å². The Balaban J connectivity index is 4.34. The average Bonchev–Trinajstić information content (AvgIpc) is 1.98. The van der Waals surface area contributed by atoms with Gasteiger partial charge in [0, 0.05) is 33.6 Å². The summed E-state index contributed by atoms with van der Waals surface area (Å²) in [6.45, 7) is 3.97. The van der Waals surface area contributed by atoms with Crippen molar-refractivity contribution in [3.63, 3.8) is 0 Å². The van der Waals surface area contributed by atoms with Gasteiger partial charge in [-0.05, 0) is 18.6 Å². The summed E-state index contributed by atoms with van der Waals surface area (Å²) < 4.78 is 9.85. The van der Waals surface area contributed by atoms with Gasteiger partial charge in [0.1, 0.15) is 0 Å². The maximum absolute atomic E-state index is 10.8. The van der Waals surface area contributed by atoms with Crippen LogP contribution >= 0.6 is 12.2 Å². The highest BCUT2D eigenvalue weighted by Gasteiger charge is 2.30. The van der Waals surface area contributed by atoms with E-state index in [1.807, 2.05) is 0 Å². The SMILES string of the molecule is CC(=O)OC(C)(CCCC(O)=S)OC(C)=O. The molecule has 0 aliphatic carbocycles. The van der Waals surface area contributed by atoms with E-state index in [1.54, 1.807) is 0 Å². The van der Waals surface area contributed by atoms with Gasteiger partial charge in [0.15, 0.2) is 5.05 Å². The van der Waals surface area contributed by atoms with Crippen LogP contribution in [0.5, 0.6) is 0 Å². The second-order valence-corrected chi connectivity index (χ2v) is 4.04. The maximum atomic E-state index is 10.8. The first kappa shape index (κ1) is 14.8. The van der Waals surface area contributed by atoms with Gasteiger partial charge in [-0.1, -0.05) is 0 Å². The van der Waals surface area contributed by atoms with E-state index in [0.29, 0.717) is 12.8 Å². The Labute approximate surface area is 99.7 Å². The molecule has 92 valence electrons. The van der Waals surface area contributed by atoms with Crippen LogP contribution in [-0.4, -0.2) is 27.9 Å². The van der Waals surface area contributed by atoms with Crippen LogP contribution < -0.4 is 0 Å². The maximum Gasteiger partial charge on any atom is 0.305 e. The number of hydrogen-bond donors (Lipinski definition) is 1. The first-order valence-corrected chi connectivity index (χ1v) is 5.27. The number of thiocarbonyl (C=S) groups is 1. The molecule has 0 bridgehead atoms. The van der Waals surface area contributed by atoms with Crippen LogP contribution in [0.2, 0.25) is 0 Å². The molecule has 0 rings (SSSR count). The van der Waals surface area contributed by atoms with Crippen molar-refractivity contribution >= 4 is 29.2 Å². The Morgan fingerprint density at radius 1 is 1.25 bits per heavy atom. The predicted molar refractivity (Wildman–Crippen MR) is 61.0 cm³/mol. The number of aliphatic hydroxyl groups excluding tert-OH is 1. The lowest BCUT2D eigenvalue weighted by atomic mass is 10.1. The molecule has 0 saturated heterocycles. The fraction of sp³-hybridized carbons (Fsp3) is 0.700. The molecular formula is C10H16O5S. The zero-order chi connectivity index (χ0) is 12.8. The molecule has 0 aliphatic heterocycles. The van der Waals surface area contributed by atoms with E-state index in [-0.39, 0.29) is 11.5 Å². The summed E-state index contributed by atoms with van der Waals surface area (Å²) in [7, 11) is 0. The monoisotopic (exact) mass is 248 g/mol. The van der Waals surface area contributed by atoms with E-state index in [4.69, 9.17) is 14.6 Å². The molecule has 0 amide bonds. The van der Waals surface area contributed by atoms with E-state index in [9.17, 15) is 9.59 Å². The smallest absolute Gasteiger partial charge is 0.305 e. The Hall–Kier alpha value is -1.17. The van der Waals surface area contributed by atoms with Crippen molar-refractivity contribution in [3.05, 3.63) is 0 Å². The van der Waals surface area contributed by atoms with Crippen molar-refractivity contribution in [2.75, 3.05) is 0 Å². The second-order valence-electron chi connectivity index (χ2n) is 3.57. The van der Waals surface area contributed by atoms with E-state index < -0.39 is 17.7 Å². The third kappa shape index (κ3) is 7.17. The first-order chi connectivity index (χ1) is 7.25. The quantitative estimate of drug-likeness (QED) is 0.439. The van der Waals surface area contributed by atoms with Crippen molar-refractivity contribution in [2.24, 2.45) is 0 Å². The van der Waals surface area contributed by atoms with Crippen molar-refractivity contribution in [2.45, 2.75) is 45.8 Å². The van der Waals surface area contributed by atoms with Crippen molar-refractivity contribution in [1.82, 2.24) is 0 Å². The van der Waals surface area contributed by atoms with E-state index in [2.05, 4.69) is 12.2 Å². The normalized spacial score (nSPS) is 10.7. The Morgan fingerprint density at radius 3 is 2.00 bits per heavy atom. The third-order valence-electron chi connectivity index (χ3n) is 1.74. The second kappa shape index (κ2) is 6.42. The zero-order valence-corrected chi connectivity index (χ0v) is 10.4. The Bertz CT molecular complexity index is 271. The molecule has 6 heteroatoms. The highest BCUT2D eigenvalue weighted by atomic mass is 32.1. The van der Waals surface area contributed by atoms with Gasteiger partial charge >= 0.3 is 11.9 Å². The summed E-state index contributed by atoms with van der Waals surface area (Å²) >= 11 is 4.50. The summed E-state index contributed by atoms with van der Waals surface area (Å²) in [5.74, 6) is -2.35. The lowest BCUT2D eigenvalue weighted by molar-refractivity contribution is -0.222. The lowest BCUT2D eigenvalue weighted by Crippen LogP contribution is -2.36. The molecule has 0 aromatic heterocycles. The molecule has 5 nitrogen and oxygen atoms in total. The first-order valence-electron chi connectivity index (χ1n) is 4.86. The van der Waals surface area contributed by atoms with Crippen LogP contribution in [0, 0.1) is 0 Å². The molecule has 0 atom stereocenters. The number of esters is 2. The molecule has 0 spiro atoms. The molecular weight excluding hydrogens is 232 g/mol. The fourth-order valence-electron chi connectivity index (χ4n) is 1.29. The van der Waals surface area contributed by atoms with Gasteiger partial charge < -0.3 is 14.6 Å². The molecule has 0 unspecified atom stereocenters. The summed E-state index contributed by atoms with van der Waals surface area (Å²) in [6, 6.07) is 0. The highest BCUT2D eigenvalue weighted by molar-refractivity contribution is 7.80. The summed E-state index contributed by atoms with van der Waals surface area (Å²) in [5.41, 5.74) is 0. The Kier molecular flexibility index (Phi) is 5.95. The van der Waals surface area contributed by atoms with Crippen LogP contribution in [-0.2, 0) is 19.1 Å². The van der Waals surface area contributed by atoms with Crippen LogP contribution in [0.15, 0.2) is 0 Å². The molecule has 0 saturated carbocycles. The standard InChI is InChI=1S/C10H16O5S/c1-7(11)14-10(3,15-8(2)12)6-4-5-9(13)16/h4-6H2,1-3H3,(H,13,16). The van der Waals surface area contributed by atoms with Gasteiger partial charge in [0.2, 0.25) is 0 Å². The van der Waals surface area contributed by atoms with Crippen molar-refractivity contribution in [3.8, 4) is 0 Å². The summed E-state index contributed by atoms with van der Waals surface area (Å²) in [5, 5.41) is 8.71. The summed E-state index contributed by atoms with van der Waals surface area (Å²) in [6.07, 6.45) is 1.05. The third-order valence-corrected chi connectivity index (χ3v) is 1.94. The molecule has 1 N–H and O–H groups in total. The van der Waals surface area contributed by atoms with Crippen LogP contribution in [0.1, 0.15) is 40.0 Å².